The van der Waals surface area contributed by atoms with Gasteiger partial charge in [0.05, 0.1) is 0 Å². The van der Waals surface area contributed by atoms with Gasteiger partial charge in [0.1, 0.15) is 0 Å². The fourth-order valence-electron chi connectivity index (χ4n) is 2.35. The molecule has 1 aromatic heterocycles. The van der Waals surface area contributed by atoms with E-state index in [1.807, 2.05) is 31.2 Å². The lowest BCUT2D eigenvalue weighted by molar-refractivity contribution is -0.149. The molecule has 0 saturated carbocycles. The number of carbonyl (C=O) groups is 2. The predicted molar refractivity (Wildman–Crippen MR) is 96.1 cm³/mol. The van der Waals surface area contributed by atoms with Crippen molar-refractivity contribution in [2.75, 3.05) is 6.54 Å². The molecule has 7 nitrogen and oxygen atoms in total. The molecule has 2 aromatic rings. The number of nitrogens with one attached hydrogen (secondary N) is 1. The van der Waals surface area contributed by atoms with Crippen LogP contribution in [0.3, 0.4) is 0 Å². The Labute approximate surface area is 153 Å². The number of hydrogen-bond acceptors (Lipinski definition) is 6. The smallest absolute Gasteiger partial charge is 0.306 e. The lowest BCUT2D eigenvalue weighted by Crippen LogP contribution is -2.20. The molecule has 0 spiro atoms. The van der Waals surface area contributed by atoms with Crippen molar-refractivity contribution in [1.82, 2.24) is 15.5 Å². The Bertz CT molecular complexity index is 725. The van der Waals surface area contributed by atoms with Crippen LogP contribution >= 0.6 is 0 Å². The van der Waals surface area contributed by atoms with Gasteiger partial charge in [-0.3, -0.25) is 9.59 Å². The second kappa shape index (κ2) is 9.70. The minimum atomic E-state index is -0.589. The van der Waals surface area contributed by atoms with Gasteiger partial charge in [0.15, 0.2) is 6.10 Å². The normalized spacial score (nSPS) is 11.8. The summed E-state index contributed by atoms with van der Waals surface area (Å²) in [6, 6.07) is 7.75. The van der Waals surface area contributed by atoms with Crippen LogP contribution in [0, 0.1) is 6.92 Å². The van der Waals surface area contributed by atoms with Gasteiger partial charge in [-0.25, -0.2) is 0 Å². The first-order valence-electron chi connectivity index (χ1n) is 8.80. The van der Waals surface area contributed by atoms with Crippen molar-refractivity contribution in [3.05, 3.63) is 35.7 Å². The van der Waals surface area contributed by atoms with Crippen LogP contribution in [0.2, 0.25) is 0 Å². The van der Waals surface area contributed by atoms with Gasteiger partial charge in [-0.2, -0.15) is 0 Å². The first-order chi connectivity index (χ1) is 12.5. The summed E-state index contributed by atoms with van der Waals surface area (Å²) in [5, 5.41) is 10.7. The van der Waals surface area contributed by atoms with Crippen LogP contribution < -0.4 is 5.32 Å². The molecule has 2 rings (SSSR count). The van der Waals surface area contributed by atoms with Crippen molar-refractivity contribution >= 4 is 11.9 Å². The molecule has 0 fully saturated rings. The van der Waals surface area contributed by atoms with Crippen LogP contribution in [-0.4, -0.2) is 28.6 Å². The number of amides is 1. The molecule has 7 heteroatoms. The zero-order valence-corrected chi connectivity index (χ0v) is 15.4. The topological polar surface area (TPSA) is 94.3 Å². The Morgan fingerprint density at radius 3 is 2.58 bits per heavy atom. The third-order valence-electron chi connectivity index (χ3n) is 3.83. The largest absolute Gasteiger partial charge is 0.453 e. The van der Waals surface area contributed by atoms with E-state index in [0.29, 0.717) is 25.3 Å². The molecule has 0 saturated heterocycles. The quantitative estimate of drug-likeness (QED) is 0.545. The van der Waals surface area contributed by atoms with Crippen molar-refractivity contribution in [1.29, 1.82) is 0 Å². The fourth-order valence-corrected chi connectivity index (χ4v) is 2.35. The molecule has 0 aliphatic carbocycles. The number of benzene rings is 1. The number of nitrogens with zero attached hydrogens (tertiary/aromatic N) is 2. The summed E-state index contributed by atoms with van der Waals surface area (Å²) in [4.78, 5) is 22.6. The zero-order valence-electron chi connectivity index (χ0n) is 15.4. The molecule has 1 heterocycles. The maximum absolute atomic E-state index is 11.9. The van der Waals surface area contributed by atoms with E-state index in [4.69, 9.17) is 9.15 Å². The highest BCUT2D eigenvalue weighted by Crippen LogP contribution is 2.23. The Kier molecular flexibility index (Phi) is 7.32. The zero-order chi connectivity index (χ0) is 18.9. The van der Waals surface area contributed by atoms with Gasteiger partial charge < -0.3 is 14.5 Å². The van der Waals surface area contributed by atoms with Gasteiger partial charge in [-0.15, -0.1) is 10.2 Å². The highest BCUT2D eigenvalue weighted by Gasteiger charge is 2.18. The molecular weight excluding hydrogens is 334 g/mol. The van der Waals surface area contributed by atoms with Crippen molar-refractivity contribution in [2.45, 2.75) is 52.6 Å². The number of carbonyl (C=O) groups excluding carboxylic acids is 2. The van der Waals surface area contributed by atoms with Gasteiger partial charge in [-0.05, 0) is 38.8 Å². The third-order valence-corrected chi connectivity index (χ3v) is 3.83. The van der Waals surface area contributed by atoms with Crippen molar-refractivity contribution in [2.24, 2.45) is 0 Å². The molecule has 0 bridgehead atoms. The second-order valence-corrected chi connectivity index (χ2v) is 6.24. The predicted octanol–water partition coefficient (Wildman–Crippen LogP) is 3.35. The molecule has 1 N–H and O–H groups in total. The summed E-state index contributed by atoms with van der Waals surface area (Å²) in [5.41, 5.74) is 1.97. The average Bonchev–Trinajstić information content (AvgIpc) is 3.08. The Morgan fingerprint density at radius 2 is 1.88 bits per heavy atom. The van der Waals surface area contributed by atoms with E-state index in [0.717, 1.165) is 24.0 Å². The number of ether oxygens (including phenoxy) is 1. The lowest BCUT2D eigenvalue weighted by atomic mass is 10.1. The molecule has 140 valence electrons. The summed E-state index contributed by atoms with van der Waals surface area (Å²) >= 11 is 0. The van der Waals surface area contributed by atoms with E-state index >= 15 is 0 Å². The molecule has 26 heavy (non-hydrogen) atoms. The molecule has 0 aliphatic heterocycles. The maximum Gasteiger partial charge on any atom is 0.306 e. The lowest BCUT2D eigenvalue weighted by Gasteiger charge is -2.09. The minimum absolute atomic E-state index is 0.0391. The van der Waals surface area contributed by atoms with E-state index < -0.39 is 6.10 Å². The van der Waals surface area contributed by atoms with Crippen LogP contribution in [0.4, 0.5) is 0 Å². The van der Waals surface area contributed by atoms with Gasteiger partial charge in [-0.1, -0.05) is 24.1 Å². The highest BCUT2D eigenvalue weighted by atomic mass is 16.6. The molecule has 0 radical (unpaired) electrons. The van der Waals surface area contributed by atoms with Gasteiger partial charge >= 0.3 is 5.97 Å². The van der Waals surface area contributed by atoms with Crippen LogP contribution in [0.25, 0.3) is 11.5 Å². The number of rotatable bonds is 9. The maximum atomic E-state index is 11.9. The minimum Gasteiger partial charge on any atom is -0.453 e. The van der Waals surface area contributed by atoms with Crippen molar-refractivity contribution in [3.63, 3.8) is 0 Å². The standard InChI is InChI=1S/C19H25N3O4/c1-13-8-10-16(11-9-13)19-22-21-18(26-19)14(2)25-17(24)7-5-4-6-12-20-15(3)23/h8-11,14H,4-7,12H2,1-3H3,(H,20,23). The average molecular weight is 359 g/mol. The molecule has 1 atom stereocenters. The van der Waals surface area contributed by atoms with Gasteiger partial charge in [0.25, 0.3) is 5.89 Å². The Hall–Kier alpha value is -2.70. The van der Waals surface area contributed by atoms with Gasteiger partial charge in [0.2, 0.25) is 11.8 Å². The van der Waals surface area contributed by atoms with E-state index in [1.165, 1.54) is 6.92 Å². The van der Waals surface area contributed by atoms with Crippen LogP contribution in [0.15, 0.2) is 28.7 Å². The fraction of sp³-hybridized carbons (Fsp3) is 0.474. The SMILES string of the molecule is CC(=O)NCCCCCC(=O)OC(C)c1nnc(-c2ccc(C)cc2)o1. The number of aryl methyl sites for hydroxylation is 1. The monoisotopic (exact) mass is 359 g/mol. The molecular formula is C19H25N3O4. The van der Waals surface area contributed by atoms with E-state index in [9.17, 15) is 9.59 Å². The summed E-state index contributed by atoms with van der Waals surface area (Å²) in [5.74, 6) is 0.343. The Balaban J connectivity index is 1.75. The first kappa shape index (κ1) is 19.6. The van der Waals surface area contributed by atoms with E-state index in [-0.39, 0.29) is 17.8 Å². The van der Waals surface area contributed by atoms with E-state index in [2.05, 4.69) is 15.5 Å². The van der Waals surface area contributed by atoms with Crippen molar-refractivity contribution < 1.29 is 18.7 Å². The van der Waals surface area contributed by atoms with E-state index in [1.54, 1.807) is 6.92 Å². The van der Waals surface area contributed by atoms with Crippen LogP contribution in [0.1, 0.15) is 57.1 Å². The summed E-state index contributed by atoms with van der Waals surface area (Å²) in [6.45, 7) is 5.83. The summed E-state index contributed by atoms with van der Waals surface area (Å²) in [7, 11) is 0. The van der Waals surface area contributed by atoms with Crippen LogP contribution in [0.5, 0.6) is 0 Å². The molecule has 1 unspecified atom stereocenters. The van der Waals surface area contributed by atoms with Crippen LogP contribution in [-0.2, 0) is 14.3 Å². The molecule has 0 aliphatic rings. The van der Waals surface area contributed by atoms with Gasteiger partial charge in [0, 0.05) is 25.5 Å². The molecule has 1 aromatic carbocycles. The third kappa shape index (κ3) is 6.31. The summed E-state index contributed by atoms with van der Waals surface area (Å²) in [6.07, 6.45) is 2.13. The molecule has 1 amide bonds. The number of unbranched alkanes of at least 4 members (excludes halogenated alkanes) is 2. The number of esters is 1. The number of aromatic nitrogens is 2. The second-order valence-electron chi connectivity index (χ2n) is 6.24. The number of hydrogen-bond donors (Lipinski definition) is 1. The highest BCUT2D eigenvalue weighted by molar-refractivity contribution is 5.72. The first-order valence-corrected chi connectivity index (χ1v) is 8.80. The summed E-state index contributed by atoms with van der Waals surface area (Å²) < 4.78 is 11.0. The van der Waals surface area contributed by atoms with Crippen molar-refractivity contribution in [3.8, 4) is 11.5 Å². The Morgan fingerprint density at radius 1 is 1.15 bits per heavy atom.